The van der Waals surface area contributed by atoms with E-state index < -0.39 is 12.1 Å². The standard InChI is InChI=1S/C25H28N2O4/c1-17-9-10-22-20(16-30-24(22)18(17)2)15-23(28)31-19(3)25(29)27-13-11-26(12-14-27)21-7-5-4-6-8-21/h4-10,16,19H,11-15H2,1-3H3/t19-/m0/s1. The van der Waals surface area contributed by atoms with Crippen molar-refractivity contribution in [2.24, 2.45) is 0 Å². The summed E-state index contributed by atoms with van der Waals surface area (Å²) in [6, 6.07) is 14.1. The van der Waals surface area contributed by atoms with Crippen molar-refractivity contribution in [2.45, 2.75) is 33.3 Å². The molecule has 0 spiro atoms. The van der Waals surface area contributed by atoms with E-state index in [1.165, 1.54) is 0 Å². The Morgan fingerprint density at radius 1 is 1.03 bits per heavy atom. The normalized spacial score (nSPS) is 15.2. The van der Waals surface area contributed by atoms with E-state index in [4.69, 9.17) is 9.15 Å². The number of para-hydroxylation sites is 1. The zero-order valence-electron chi connectivity index (χ0n) is 18.3. The molecule has 0 aliphatic carbocycles. The zero-order valence-corrected chi connectivity index (χ0v) is 18.3. The largest absolute Gasteiger partial charge is 0.464 e. The van der Waals surface area contributed by atoms with Gasteiger partial charge in [-0.25, -0.2) is 0 Å². The maximum absolute atomic E-state index is 12.8. The molecule has 0 unspecified atom stereocenters. The summed E-state index contributed by atoms with van der Waals surface area (Å²) in [5.74, 6) is -0.575. The van der Waals surface area contributed by atoms with Gasteiger partial charge in [0.15, 0.2) is 6.10 Å². The second kappa shape index (κ2) is 8.84. The van der Waals surface area contributed by atoms with Crippen LogP contribution >= 0.6 is 0 Å². The van der Waals surface area contributed by atoms with Crippen LogP contribution in [-0.2, 0) is 20.7 Å². The van der Waals surface area contributed by atoms with Crippen molar-refractivity contribution < 1.29 is 18.7 Å². The summed E-state index contributed by atoms with van der Waals surface area (Å²) in [4.78, 5) is 29.3. The summed E-state index contributed by atoms with van der Waals surface area (Å²) in [6.45, 7) is 8.41. The van der Waals surface area contributed by atoms with E-state index in [0.717, 1.165) is 46.4 Å². The van der Waals surface area contributed by atoms with Crippen LogP contribution in [-0.4, -0.2) is 49.1 Å². The van der Waals surface area contributed by atoms with Gasteiger partial charge in [-0.3, -0.25) is 9.59 Å². The third-order valence-electron chi connectivity index (χ3n) is 6.05. The Kier molecular flexibility index (Phi) is 5.98. The first-order valence-electron chi connectivity index (χ1n) is 10.7. The Bertz CT molecular complexity index is 1080. The Morgan fingerprint density at radius 2 is 1.74 bits per heavy atom. The maximum Gasteiger partial charge on any atom is 0.311 e. The predicted octanol–water partition coefficient (Wildman–Crippen LogP) is 3.87. The van der Waals surface area contributed by atoms with Gasteiger partial charge in [0.1, 0.15) is 5.58 Å². The summed E-state index contributed by atoms with van der Waals surface area (Å²) in [5.41, 5.74) is 4.94. The number of amides is 1. The molecule has 2 heterocycles. The average molecular weight is 421 g/mol. The number of benzene rings is 2. The van der Waals surface area contributed by atoms with Crippen molar-refractivity contribution >= 4 is 28.5 Å². The number of carbonyl (C=O) groups is 2. The molecule has 1 aromatic heterocycles. The number of anilines is 1. The summed E-state index contributed by atoms with van der Waals surface area (Å²) in [6.07, 6.45) is 0.876. The molecule has 1 saturated heterocycles. The summed E-state index contributed by atoms with van der Waals surface area (Å²) in [7, 11) is 0. The first-order chi connectivity index (χ1) is 14.9. The molecule has 0 bridgehead atoms. The SMILES string of the molecule is Cc1ccc2c(CC(=O)O[C@@H](C)C(=O)N3CCN(c4ccccc4)CC3)coc2c1C. The Hall–Kier alpha value is -3.28. The van der Waals surface area contributed by atoms with E-state index in [2.05, 4.69) is 17.0 Å². The van der Waals surface area contributed by atoms with Gasteiger partial charge in [-0.1, -0.05) is 30.3 Å². The van der Waals surface area contributed by atoms with E-state index in [9.17, 15) is 9.59 Å². The van der Waals surface area contributed by atoms with Crippen molar-refractivity contribution in [1.82, 2.24) is 4.90 Å². The number of hydrogen-bond acceptors (Lipinski definition) is 5. The fourth-order valence-corrected chi connectivity index (χ4v) is 4.05. The highest BCUT2D eigenvalue weighted by Crippen LogP contribution is 2.27. The summed E-state index contributed by atoms with van der Waals surface area (Å²) in [5, 5.41) is 0.913. The molecular weight excluding hydrogens is 392 g/mol. The van der Waals surface area contributed by atoms with Gasteiger partial charge in [0, 0.05) is 42.8 Å². The molecule has 4 rings (SSSR count). The monoisotopic (exact) mass is 420 g/mol. The van der Waals surface area contributed by atoms with Gasteiger partial charge in [-0.2, -0.15) is 0 Å². The number of furan rings is 1. The predicted molar refractivity (Wildman–Crippen MR) is 120 cm³/mol. The van der Waals surface area contributed by atoms with Crippen molar-refractivity contribution in [3.8, 4) is 0 Å². The van der Waals surface area contributed by atoms with Crippen LogP contribution in [0.5, 0.6) is 0 Å². The van der Waals surface area contributed by atoms with Crippen molar-refractivity contribution in [3.05, 3.63) is 65.4 Å². The molecule has 1 atom stereocenters. The van der Waals surface area contributed by atoms with Gasteiger partial charge in [0.2, 0.25) is 0 Å². The number of carbonyl (C=O) groups excluding carboxylic acids is 2. The molecule has 6 nitrogen and oxygen atoms in total. The van der Waals surface area contributed by atoms with Gasteiger partial charge in [0.05, 0.1) is 12.7 Å². The minimum atomic E-state index is -0.807. The van der Waals surface area contributed by atoms with Gasteiger partial charge in [0.25, 0.3) is 5.91 Å². The number of hydrogen-bond donors (Lipinski definition) is 0. The number of piperazine rings is 1. The van der Waals surface area contributed by atoms with Crippen LogP contribution in [0.1, 0.15) is 23.6 Å². The van der Waals surface area contributed by atoms with Crippen LogP contribution in [0.15, 0.2) is 53.1 Å². The third kappa shape index (κ3) is 4.43. The van der Waals surface area contributed by atoms with E-state index >= 15 is 0 Å². The lowest BCUT2D eigenvalue weighted by molar-refractivity contribution is -0.158. The molecule has 6 heteroatoms. The highest BCUT2D eigenvalue weighted by Gasteiger charge is 2.27. The molecule has 1 aliphatic rings. The van der Waals surface area contributed by atoms with E-state index in [-0.39, 0.29) is 12.3 Å². The molecule has 3 aromatic rings. The zero-order chi connectivity index (χ0) is 22.0. The number of aryl methyl sites for hydroxylation is 2. The number of esters is 1. The lowest BCUT2D eigenvalue weighted by Crippen LogP contribution is -2.51. The quantitative estimate of drug-likeness (QED) is 0.587. The van der Waals surface area contributed by atoms with Crippen molar-refractivity contribution in [3.63, 3.8) is 0 Å². The molecule has 162 valence electrons. The molecule has 1 fully saturated rings. The van der Waals surface area contributed by atoms with Crippen LogP contribution < -0.4 is 4.90 Å². The van der Waals surface area contributed by atoms with Crippen LogP contribution in [0.25, 0.3) is 11.0 Å². The molecule has 31 heavy (non-hydrogen) atoms. The van der Waals surface area contributed by atoms with E-state index in [1.807, 2.05) is 44.2 Å². The van der Waals surface area contributed by atoms with Gasteiger partial charge in [-0.15, -0.1) is 0 Å². The van der Waals surface area contributed by atoms with Crippen LogP contribution in [0.2, 0.25) is 0 Å². The second-order valence-corrected chi connectivity index (χ2v) is 8.10. The topological polar surface area (TPSA) is 63.0 Å². The molecule has 1 aliphatic heterocycles. The highest BCUT2D eigenvalue weighted by molar-refractivity contribution is 5.89. The number of fused-ring (bicyclic) bond motifs is 1. The first-order valence-corrected chi connectivity index (χ1v) is 10.7. The van der Waals surface area contributed by atoms with Crippen LogP contribution in [0.4, 0.5) is 5.69 Å². The van der Waals surface area contributed by atoms with Crippen molar-refractivity contribution in [1.29, 1.82) is 0 Å². The summed E-state index contributed by atoms with van der Waals surface area (Å²) >= 11 is 0. The lowest BCUT2D eigenvalue weighted by Gasteiger charge is -2.37. The van der Waals surface area contributed by atoms with E-state index in [0.29, 0.717) is 13.1 Å². The van der Waals surface area contributed by atoms with Crippen molar-refractivity contribution in [2.75, 3.05) is 31.1 Å². The van der Waals surface area contributed by atoms with Gasteiger partial charge < -0.3 is 19.0 Å². The Balaban J connectivity index is 1.32. The first kappa shape index (κ1) is 21.0. The number of rotatable bonds is 5. The molecule has 0 saturated carbocycles. The Labute approximate surface area is 182 Å². The smallest absolute Gasteiger partial charge is 0.311 e. The lowest BCUT2D eigenvalue weighted by atomic mass is 10.0. The minimum absolute atomic E-state index is 0.0783. The minimum Gasteiger partial charge on any atom is -0.464 e. The number of ether oxygens (including phenoxy) is 1. The van der Waals surface area contributed by atoms with Gasteiger partial charge >= 0.3 is 5.97 Å². The fourth-order valence-electron chi connectivity index (χ4n) is 4.05. The van der Waals surface area contributed by atoms with E-state index in [1.54, 1.807) is 18.1 Å². The van der Waals surface area contributed by atoms with Crippen LogP contribution in [0.3, 0.4) is 0 Å². The second-order valence-electron chi connectivity index (χ2n) is 8.10. The molecule has 0 N–H and O–H groups in total. The fraction of sp³-hybridized carbons (Fsp3) is 0.360. The highest BCUT2D eigenvalue weighted by atomic mass is 16.5. The third-order valence-corrected chi connectivity index (χ3v) is 6.05. The van der Waals surface area contributed by atoms with Crippen LogP contribution in [0, 0.1) is 13.8 Å². The maximum atomic E-state index is 12.8. The summed E-state index contributed by atoms with van der Waals surface area (Å²) < 4.78 is 11.1. The Morgan fingerprint density at radius 3 is 2.45 bits per heavy atom. The molecule has 0 radical (unpaired) electrons. The molecule has 1 amide bonds. The average Bonchev–Trinajstić information content (AvgIpc) is 3.19. The molecular formula is C25H28N2O4. The molecule has 2 aromatic carbocycles. The number of nitrogens with zero attached hydrogens (tertiary/aromatic N) is 2. The van der Waals surface area contributed by atoms with Gasteiger partial charge in [-0.05, 0) is 44.0 Å².